The lowest BCUT2D eigenvalue weighted by atomic mass is 10.1. The van der Waals surface area contributed by atoms with Crippen LogP contribution in [-0.4, -0.2) is 34.4 Å². The number of nitrogens with zero attached hydrogens (tertiary/aromatic N) is 2. The summed E-state index contributed by atoms with van der Waals surface area (Å²) in [6.07, 6.45) is 1.58. The molecule has 0 bridgehead atoms. The van der Waals surface area contributed by atoms with Gasteiger partial charge in [-0.1, -0.05) is 12.1 Å². The van der Waals surface area contributed by atoms with Gasteiger partial charge in [0.05, 0.1) is 5.69 Å². The number of carbonyl (C=O) groups is 2. The van der Waals surface area contributed by atoms with E-state index in [2.05, 4.69) is 20.6 Å². The van der Waals surface area contributed by atoms with Gasteiger partial charge in [0.1, 0.15) is 6.04 Å². The van der Waals surface area contributed by atoms with E-state index in [0.29, 0.717) is 17.8 Å². The molecule has 0 aliphatic rings. The van der Waals surface area contributed by atoms with Gasteiger partial charge < -0.3 is 16.4 Å². The zero-order chi connectivity index (χ0) is 16.8. The highest BCUT2D eigenvalue weighted by atomic mass is 16.2. The third-order valence-electron chi connectivity index (χ3n) is 3.21. The Morgan fingerprint density at radius 3 is 2.52 bits per heavy atom. The number of amides is 2. The number of hydrogen-bond donors (Lipinski definition) is 3. The van der Waals surface area contributed by atoms with E-state index in [-0.39, 0.29) is 17.8 Å². The molecule has 0 aliphatic carbocycles. The van der Waals surface area contributed by atoms with Crippen LogP contribution in [0.1, 0.15) is 24.2 Å². The SMILES string of the molecule is CCNC(=O)C(C)NC(=O)c1ccc(-c2ccnc(N)n2)cc1. The second kappa shape index (κ2) is 7.35. The quantitative estimate of drug-likeness (QED) is 0.762. The van der Waals surface area contributed by atoms with Crippen LogP contribution in [0.3, 0.4) is 0 Å². The molecule has 1 atom stereocenters. The van der Waals surface area contributed by atoms with Crippen LogP contribution in [0.2, 0.25) is 0 Å². The van der Waals surface area contributed by atoms with Crippen molar-refractivity contribution in [3.05, 3.63) is 42.1 Å². The molecule has 1 aromatic heterocycles. The van der Waals surface area contributed by atoms with Crippen LogP contribution in [0.25, 0.3) is 11.3 Å². The zero-order valence-electron chi connectivity index (χ0n) is 13.0. The molecule has 0 saturated carbocycles. The molecule has 0 aliphatic heterocycles. The number of likely N-dealkylation sites (N-methyl/N-ethyl adjacent to an activating group) is 1. The molecule has 7 nitrogen and oxygen atoms in total. The van der Waals surface area contributed by atoms with Crippen molar-refractivity contribution in [3.8, 4) is 11.3 Å². The van der Waals surface area contributed by atoms with Gasteiger partial charge in [-0.3, -0.25) is 9.59 Å². The van der Waals surface area contributed by atoms with Crippen molar-refractivity contribution in [1.29, 1.82) is 0 Å². The van der Waals surface area contributed by atoms with Crippen molar-refractivity contribution in [2.75, 3.05) is 12.3 Å². The fourth-order valence-electron chi connectivity index (χ4n) is 2.00. The van der Waals surface area contributed by atoms with Gasteiger partial charge >= 0.3 is 0 Å². The fourth-order valence-corrected chi connectivity index (χ4v) is 2.00. The summed E-state index contributed by atoms with van der Waals surface area (Å²) in [7, 11) is 0. The number of nitrogens with two attached hydrogens (primary N) is 1. The van der Waals surface area contributed by atoms with Crippen LogP contribution < -0.4 is 16.4 Å². The largest absolute Gasteiger partial charge is 0.368 e. The Balaban J connectivity index is 2.07. The van der Waals surface area contributed by atoms with Crippen molar-refractivity contribution in [3.63, 3.8) is 0 Å². The number of aromatic nitrogens is 2. The van der Waals surface area contributed by atoms with Crippen molar-refractivity contribution in [2.24, 2.45) is 0 Å². The number of nitrogen functional groups attached to an aromatic ring is 1. The lowest BCUT2D eigenvalue weighted by Crippen LogP contribution is -2.44. The molecular formula is C16H19N5O2. The van der Waals surface area contributed by atoms with Gasteiger partial charge in [0.2, 0.25) is 11.9 Å². The van der Waals surface area contributed by atoms with E-state index < -0.39 is 6.04 Å². The maximum Gasteiger partial charge on any atom is 0.251 e. The van der Waals surface area contributed by atoms with Crippen LogP contribution >= 0.6 is 0 Å². The molecule has 120 valence electrons. The third kappa shape index (κ3) is 4.26. The van der Waals surface area contributed by atoms with Crippen LogP contribution in [0.4, 0.5) is 5.95 Å². The highest BCUT2D eigenvalue weighted by molar-refractivity contribution is 5.97. The summed E-state index contributed by atoms with van der Waals surface area (Å²) < 4.78 is 0. The third-order valence-corrected chi connectivity index (χ3v) is 3.21. The molecule has 23 heavy (non-hydrogen) atoms. The molecule has 0 radical (unpaired) electrons. The maximum atomic E-state index is 12.1. The number of nitrogens with one attached hydrogen (secondary N) is 2. The van der Waals surface area contributed by atoms with Crippen molar-refractivity contribution in [1.82, 2.24) is 20.6 Å². The molecular weight excluding hydrogens is 294 g/mol. The molecule has 2 aromatic rings. The first kappa shape index (κ1) is 16.4. The van der Waals surface area contributed by atoms with Crippen LogP contribution in [0.5, 0.6) is 0 Å². The summed E-state index contributed by atoms with van der Waals surface area (Å²) in [5, 5.41) is 5.31. The van der Waals surface area contributed by atoms with Crippen LogP contribution in [-0.2, 0) is 4.79 Å². The molecule has 0 saturated heterocycles. The molecule has 0 spiro atoms. The highest BCUT2D eigenvalue weighted by Gasteiger charge is 2.15. The summed E-state index contributed by atoms with van der Waals surface area (Å²) in [6, 6.07) is 8.04. The number of anilines is 1. The Bertz CT molecular complexity index is 700. The standard InChI is InChI=1S/C16H19N5O2/c1-3-18-14(22)10(2)20-15(23)12-6-4-11(5-7-12)13-8-9-19-16(17)21-13/h4-10H,3H2,1-2H3,(H,18,22)(H,20,23)(H2,17,19,21). The Labute approximate surface area is 134 Å². The van der Waals surface area contributed by atoms with E-state index in [4.69, 9.17) is 5.73 Å². The van der Waals surface area contributed by atoms with Gasteiger partial charge in [-0.15, -0.1) is 0 Å². The van der Waals surface area contributed by atoms with E-state index in [0.717, 1.165) is 5.56 Å². The monoisotopic (exact) mass is 313 g/mol. The first-order valence-electron chi connectivity index (χ1n) is 7.28. The van der Waals surface area contributed by atoms with Crippen LogP contribution in [0.15, 0.2) is 36.5 Å². The first-order valence-corrected chi connectivity index (χ1v) is 7.28. The summed E-state index contributed by atoms with van der Waals surface area (Å²) in [4.78, 5) is 31.7. The van der Waals surface area contributed by atoms with Gasteiger partial charge in [0.15, 0.2) is 0 Å². The second-order valence-electron chi connectivity index (χ2n) is 4.97. The number of benzene rings is 1. The van der Waals surface area contributed by atoms with Gasteiger partial charge in [-0.05, 0) is 32.0 Å². The predicted octanol–water partition coefficient (Wildman–Crippen LogP) is 0.980. The van der Waals surface area contributed by atoms with E-state index in [1.165, 1.54) is 0 Å². The van der Waals surface area contributed by atoms with Gasteiger partial charge in [-0.2, -0.15) is 0 Å². The summed E-state index contributed by atoms with van der Waals surface area (Å²) in [5.41, 5.74) is 7.53. The topological polar surface area (TPSA) is 110 Å². The Morgan fingerprint density at radius 1 is 1.22 bits per heavy atom. The zero-order valence-corrected chi connectivity index (χ0v) is 13.0. The predicted molar refractivity (Wildman–Crippen MR) is 87.5 cm³/mol. The molecule has 2 rings (SSSR count). The molecule has 1 heterocycles. The fraction of sp³-hybridized carbons (Fsp3) is 0.250. The molecule has 7 heteroatoms. The minimum absolute atomic E-state index is 0.195. The van der Waals surface area contributed by atoms with Gasteiger partial charge in [0.25, 0.3) is 5.91 Å². The van der Waals surface area contributed by atoms with Crippen LogP contribution in [0, 0.1) is 0 Å². The van der Waals surface area contributed by atoms with E-state index in [9.17, 15) is 9.59 Å². The molecule has 2 amide bonds. The van der Waals surface area contributed by atoms with Crippen molar-refractivity contribution < 1.29 is 9.59 Å². The second-order valence-corrected chi connectivity index (χ2v) is 4.97. The average molecular weight is 313 g/mol. The van der Waals surface area contributed by atoms with E-state index >= 15 is 0 Å². The highest BCUT2D eigenvalue weighted by Crippen LogP contribution is 2.17. The van der Waals surface area contributed by atoms with E-state index in [1.807, 2.05) is 6.92 Å². The maximum absolute atomic E-state index is 12.1. The summed E-state index contributed by atoms with van der Waals surface area (Å²) >= 11 is 0. The minimum Gasteiger partial charge on any atom is -0.368 e. The first-order chi connectivity index (χ1) is 11.0. The van der Waals surface area contributed by atoms with Gasteiger partial charge in [-0.25, -0.2) is 9.97 Å². The number of carbonyl (C=O) groups excluding carboxylic acids is 2. The number of hydrogen-bond acceptors (Lipinski definition) is 5. The minimum atomic E-state index is -0.594. The van der Waals surface area contributed by atoms with Crippen molar-refractivity contribution in [2.45, 2.75) is 19.9 Å². The molecule has 0 fully saturated rings. The van der Waals surface area contributed by atoms with Gasteiger partial charge in [0, 0.05) is 23.9 Å². The Hall–Kier alpha value is -2.96. The summed E-state index contributed by atoms with van der Waals surface area (Å²) in [6.45, 7) is 3.99. The van der Waals surface area contributed by atoms with E-state index in [1.54, 1.807) is 43.5 Å². The molecule has 1 unspecified atom stereocenters. The summed E-state index contributed by atoms with van der Waals surface area (Å²) in [5.74, 6) is -0.327. The Morgan fingerprint density at radius 2 is 1.91 bits per heavy atom. The normalized spacial score (nSPS) is 11.6. The average Bonchev–Trinajstić information content (AvgIpc) is 2.55. The number of rotatable bonds is 5. The molecule has 1 aromatic carbocycles. The smallest absolute Gasteiger partial charge is 0.251 e. The lowest BCUT2D eigenvalue weighted by molar-refractivity contribution is -0.122. The Kier molecular flexibility index (Phi) is 5.24. The molecule has 4 N–H and O–H groups in total. The lowest BCUT2D eigenvalue weighted by Gasteiger charge is -2.13. The van der Waals surface area contributed by atoms with Crippen molar-refractivity contribution >= 4 is 17.8 Å².